The molecule has 2 nitrogen and oxygen atoms in total. The summed E-state index contributed by atoms with van der Waals surface area (Å²) in [5.41, 5.74) is 2.64. The molecule has 0 unspecified atom stereocenters. The third kappa shape index (κ3) is 6.60. The molecule has 0 fully saturated rings. The van der Waals surface area contributed by atoms with E-state index in [0.29, 0.717) is 0 Å². The van der Waals surface area contributed by atoms with Gasteiger partial charge < -0.3 is 0 Å². The summed E-state index contributed by atoms with van der Waals surface area (Å²) in [6, 6.07) is 2.26. The highest BCUT2D eigenvalue weighted by molar-refractivity contribution is 9.09. The number of aryl methyl sites for hydroxylation is 3. The molecule has 19 heavy (non-hydrogen) atoms. The maximum absolute atomic E-state index is 4.67. The normalized spacial score (nSPS) is 11.1. The van der Waals surface area contributed by atoms with Crippen LogP contribution in [0.5, 0.6) is 0 Å². The van der Waals surface area contributed by atoms with Gasteiger partial charge in [-0.2, -0.15) is 5.10 Å². The van der Waals surface area contributed by atoms with E-state index < -0.39 is 0 Å². The van der Waals surface area contributed by atoms with E-state index in [2.05, 4.69) is 45.6 Å². The molecule has 0 N–H and O–H groups in total. The van der Waals surface area contributed by atoms with E-state index in [9.17, 15) is 0 Å². The molecule has 110 valence electrons. The summed E-state index contributed by atoms with van der Waals surface area (Å²) in [7, 11) is 0. The average Bonchev–Trinajstić information content (AvgIpc) is 2.84. The predicted molar refractivity (Wildman–Crippen MR) is 87.1 cm³/mol. The number of nitrogens with zero attached hydrogens (tertiary/aromatic N) is 2. The van der Waals surface area contributed by atoms with Crippen LogP contribution in [-0.2, 0) is 19.4 Å². The standard InChI is InChI=1S/C16H29BrN2/c1-3-15-14-16(4-2)19(18-15)13-11-9-7-5-6-8-10-12-17/h14H,3-13H2,1-2H3. The lowest BCUT2D eigenvalue weighted by atomic mass is 10.1. The zero-order valence-corrected chi connectivity index (χ0v) is 14.2. The number of unbranched alkanes of at least 4 members (excludes halogenated alkanes) is 6. The third-order valence-electron chi connectivity index (χ3n) is 3.64. The van der Waals surface area contributed by atoms with Gasteiger partial charge in [-0.1, -0.05) is 61.9 Å². The first-order chi connectivity index (χ1) is 9.31. The molecule has 1 aromatic rings. The molecule has 0 amide bonds. The zero-order valence-electron chi connectivity index (χ0n) is 12.6. The highest BCUT2D eigenvalue weighted by atomic mass is 79.9. The molecule has 0 saturated heterocycles. The van der Waals surface area contributed by atoms with Crippen molar-refractivity contribution in [1.29, 1.82) is 0 Å². The Labute approximate surface area is 127 Å². The zero-order chi connectivity index (χ0) is 13.9. The van der Waals surface area contributed by atoms with E-state index in [1.165, 1.54) is 56.3 Å². The Hall–Kier alpha value is -0.310. The molecule has 0 spiro atoms. The third-order valence-corrected chi connectivity index (χ3v) is 4.20. The Kier molecular flexibility index (Phi) is 9.23. The lowest BCUT2D eigenvalue weighted by Gasteiger charge is -2.06. The summed E-state index contributed by atoms with van der Waals surface area (Å²) < 4.78 is 2.23. The Morgan fingerprint density at radius 2 is 1.58 bits per heavy atom. The van der Waals surface area contributed by atoms with Crippen LogP contribution in [0.4, 0.5) is 0 Å². The summed E-state index contributed by atoms with van der Waals surface area (Å²) >= 11 is 3.48. The van der Waals surface area contributed by atoms with Crippen LogP contribution >= 0.6 is 15.9 Å². The Morgan fingerprint density at radius 1 is 0.947 bits per heavy atom. The van der Waals surface area contributed by atoms with Crippen LogP contribution < -0.4 is 0 Å². The highest BCUT2D eigenvalue weighted by Crippen LogP contribution is 2.11. The van der Waals surface area contributed by atoms with Gasteiger partial charge in [0.15, 0.2) is 0 Å². The summed E-state index contributed by atoms with van der Waals surface area (Å²) in [4.78, 5) is 0. The number of halogens is 1. The first-order valence-corrected chi connectivity index (χ1v) is 9.05. The van der Waals surface area contributed by atoms with E-state index in [1.54, 1.807) is 0 Å². The predicted octanol–water partition coefficient (Wildman–Crippen LogP) is 5.13. The second kappa shape index (κ2) is 10.5. The fourth-order valence-corrected chi connectivity index (χ4v) is 2.80. The van der Waals surface area contributed by atoms with E-state index in [4.69, 9.17) is 0 Å². The van der Waals surface area contributed by atoms with Gasteiger partial charge in [0.25, 0.3) is 0 Å². The molecular formula is C16H29BrN2. The minimum atomic E-state index is 1.05. The minimum absolute atomic E-state index is 1.05. The van der Waals surface area contributed by atoms with Crippen LogP contribution in [0, 0.1) is 0 Å². The molecule has 1 aromatic heterocycles. The molecular weight excluding hydrogens is 300 g/mol. The molecule has 0 aliphatic carbocycles. The molecule has 1 rings (SSSR count). The van der Waals surface area contributed by atoms with Crippen molar-refractivity contribution in [2.75, 3.05) is 5.33 Å². The van der Waals surface area contributed by atoms with Gasteiger partial charge in [-0.3, -0.25) is 4.68 Å². The van der Waals surface area contributed by atoms with E-state index in [0.717, 1.165) is 24.7 Å². The monoisotopic (exact) mass is 328 g/mol. The van der Waals surface area contributed by atoms with Crippen LogP contribution in [0.15, 0.2) is 6.07 Å². The van der Waals surface area contributed by atoms with Gasteiger partial charge >= 0.3 is 0 Å². The summed E-state index contributed by atoms with van der Waals surface area (Å²) in [6.07, 6.45) is 11.6. The van der Waals surface area contributed by atoms with Crippen molar-refractivity contribution < 1.29 is 0 Å². The second-order valence-corrected chi connectivity index (χ2v) is 6.01. The highest BCUT2D eigenvalue weighted by Gasteiger charge is 2.04. The molecule has 0 aliphatic rings. The van der Waals surface area contributed by atoms with Gasteiger partial charge in [-0.25, -0.2) is 0 Å². The number of alkyl halides is 1. The number of aromatic nitrogens is 2. The number of rotatable bonds is 11. The van der Waals surface area contributed by atoms with E-state index in [1.807, 2.05) is 0 Å². The fourth-order valence-electron chi connectivity index (χ4n) is 2.41. The molecule has 0 bridgehead atoms. The van der Waals surface area contributed by atoms with Crippen LogP contribution in [0.2, 0.25) is 0 Å². The largest absolute Gasteiger partial charge is 0.269 e. The second-order valence-electron chi connectivity index (χ2n) is 5.22. The molecule has 0 atom stereocenters. The summed E-state index contributed by atoms with van der Waals surface area (Å²) in [6.45, 7) is 5.50. The molecule has 0 aliphatic heterocycles. The van der Waals surface area contributed by atoms with E-state index in [-0.39, 0.29) is 0 Å². The Balaban J connectivity index is 2.13. The van der Waals surface area contributed by atoms with Gasteiger partial charge in [-0.15, -0.1) is 0 Å². The topological polar surface area (TPSA) is 17.8 Å². The van der Waals surface area contributed by atoms with Crippen molar-refractivity contribution in [2.24, 2.45) is 0 Å². The molecule has 1 heterocycles. The van der Waals surface area contributed by atoms with Crippen molar-refractivity contribution >= 4 is 15.9 Å². The molecule has 0 aromatic carbocycles. The van der Waals surface area contributed by atoms with Crippen molar-refractivity contribution in [3.8, 4) is 0 Å². The maximum atomic E-state index is 4.67. The van der Waals surface area contributed by atoms with Crippen molar-refractivity contribution in [2.45, 2.75) is 78.2 Å². The van der Waals surface area contributed by atoms with Crippen LogP contribution in [0.25, 0.3) is 0 Å². The fraction of sp³-hybridized carbons (Fsp3) is 0.812. The van der Waals surface area contributed by atoms with Crippen LogP contribution in [-0.4, -0.2) is 15.1 Å². The lowest BCUT2D eigenvalue weighted by molar-refractivity contribution is 0.509. The van der Waals surface area contributed by atoms with Crippen LogP contribution in [0.1, 0.15) is 70.2 Å². The minimum Gasteiger partial charge on any atom is -0.269 e. The lowest BCUT2D eigenvalue weighted by Crippen LogP contribution is -2.04. The molecule has 0 radical (unpaired) electrons. The average molecular weight is 329 g/mol. The summed E-state index contributed by atoms with van der Waals surface area (Å²) in [5, 5.41) is 5.83. The SMILES string of the molecule is CCc1cc(CC)n(CCCCCCCCCBr)n1. The number of hydrogen-bond donors (Lipinski definition) is 0. The van der Waals surface area contributed by atoms with Gasteiger partial charge in [0, 0.05) is 17.6 Å². The molecule has 0 saturated carbocycles. The van der Waals surface area contributed by atoms with Crippen molar-refractivity contribution in [3.05, 3.63) is 17.5 Å². The first kappa shape index (κ1) is 16.7. The quantitative estimate of drug-likeness (QED) is 0.406. The first-order valence-electron chi connectivity index (χ1n) is 7.93. The smallest absolute Gasteiger partial charge is 0.0624 e. The van der Waals surface area contributed by atoms with Gasteiger partial charge in [0.2, 0.25) is 0 Å². The van der Waals surface area contributed by atoms with E-state index >= 15 is 0 Å². The molecule has 3 heteroatoms. The number of hydrogen-bond acceptors (Lipinski definition) is 1. The van der Waals surface area contributed by atoms with Gasteiger partial charge in [0.05, 0.1) is 5.69 Å². The van der Waals surface area contributed by atoms with Crippen molar-refractivity contribution in [3.63, 3.8) is 0 Å². The Bertz CT molecular complexity index is 333. The summed E-state index contributed by atoms with van der Waals surface area (Å²) in [5.74, 6) is 0. The van der Waals surface area contributed by atoms with Gasteiger partial charge in [0.1, 0.15) is 0 Å². The maximum Gasteiger partial charge on any atom is 0.0624 e. The Morgan fingerprint density at radius 3 is 2.16 bits per heavy atom. The van der Waals surface area contributed by atoms with Crippen LogP contribution in [0.3, 0.4) is 0 Å². The van der Waals surface area contributed by atoms with Gasteiger partial charge in [-0.05, 0) is 31.7 Å². The van der Waals surface area contributed by atoms with Crippen molar-refractivity contribution in [1.82, 2.24) is 9.78 Å².